The van der Waals surface area contributed by atoms with Gasteiger partial charge in [0.05, 0.1) is 0 Å². The Morgan fingerprint density at radius 2 is 2.06 bits per heavy atom. The summed E-state index contributed by atoms with van der Waals surface area (Å²) in [5, 5.41) is 0. The SMILES string of the molecule is CC(CN)CCN(C)Cc1ccccc1Br. The summed E-state index contributed by atoms with van der Waals surface area (Å²) < 4.78 is 1.19. The average molecular weight is 285 g/mol. The number of benzene rings is 1. The van der Waals surface area contributed by atoms with Gasteiger partial charge in [-0.05, 0) is 44.1 Å². The summed E-state index contributed by atoms with van der Waals surface area (Å²) >= 11 is 3.57. The quantitative estimate of drug-likeness (QED) is 0.871. The van der Waals surface area contributed by atoms with E-state index in [9.17, 15) is 0 Å². The molecule has 0 fully saturated rings. The van der Waals surface area contributed by atoms with Crippen LogP contribution in [0.5, 0.6) is 0 Å². The molecule has 0 aliphatic carbocycles. The van der Waals surface area contributed by atoms with Gasteiger partial charge in [0.15, 0.2) is 0 Å². The molecule has 0 aromatic heterocycles. The molecule has 0 aliphatic heterocycles. The van der Waals surface area contributed by atoms with Gasteiger partial charge in [-0.15, -0.1) is 0 Å². The molecule has 1 atom stereocenters. The van der Waals surface area contributed by atoms with Gasteiger partial charge in [0, 0.05) is 11.0 Å². The summed E-state index contributed by atoms with van der Waals surface area (Å²) in [6.45, 7) is 5.06. The van der Waals surface area contributed by atoms with Crippen molar-refractivity contribution in [2.75, 3.05) is 20.1 Å². The minimum Gasteiger partial charge on any atom is -0.330 e. The minimum absolute atomic E-state index is 0.613. The number of halogens is 1. The van der Waals surface area contributed by atoms with Gasteiger partial charge in [-0.3, -0.25) is 0 Å². The van der Waals surface area contributed by atoms with Crippen molar-refractivity contribution < 1.29 is 0 Å². The first-order valence-electron chi connectivity index (χ1n) is 5.75. The van der Waals surface area contributed by atoms with Crippen molar-refractivity contribution in [1.82, 2.24) is 4.90 Å². The van der Waals surface area contributed by atoms with Crippen molar-refractivity contribution in [3.8, 4) is 0 Å². The molecule has 0 spiro atoms. The second-order valence-electron chi connectivity index (χ2n) is 4.46. The van der Waals surface area contributed by atoms with Crippen LogP contribution in [0.15, 0.2) is 28.7 Å². The predicted octanol–water partition coefficient (Wildman–Crippen LogP) is 2.87. The van der Waals surface area contributed by atoms with Crippen LogP contribution in [0, 0.1) is 5.92 Å². The van der Waals surface area contributed by atoms with Gasteiger partial charge in [0.1, 0.15) is 0 Å². The highest BCUT2D eigenvalue weighted by Crippen LogP contribution is 2.17. The first-order valence-corrected chi connectivity index (χ1v) is 6.54. The Morgan fingerprint density at radius 3 is 2.69 bits per heavy atom. The van der Waals surface area contributed by atoms with Gasteiger partial charge >= 0.3 is 0 Å². The molecule has 2 nitrogen and oxygen atoms in total. The van der Waals surface area contributed by atoms with E-state index in [0.29, 0.717) is 5.92 Å². The van der Waals surface area contributed by atoms with E-state index in [0.717, 1.165) is 26.1 Å². The minimum atomic E-state index is 0.613. The van der Waals surface area contributed by atoms with Crippen LogP contribution in [0.3, 0.4) is 0 Å². The number of hydrogen-bond donors (Lipinski definition) is 1. The number of nitrogens with zero attached hydrogens (tertiary/aromatic N) is 1. The third-order valence-electron chi connectivity index (χ3n) is 2.80. The Morgan fingerprint density at radius 1 is 1.38 bits per heavy atom. The van der Waals surface area contributed by atoms with E-state index in [1.807, 2.05) is 6.07 Å². The molecule has 0 aliphatic rings. The second kappa shape index (κ2) is 7.05. The van der Waals surface area contributed by atoms with Crippen LogP contribution in [-0.4, -0.2) is 25.0 Å². The summed E-state index contributed by atoms with van der Waals surface area (Å²) in [5.74, 6) is 0.613. The predicted molar refractivity (Wildman–Crippen MR) is 73.3 cm³/mol. The van der Waals surface area contributed by atoms with Gasteiger partial charge in [0.25, 0.3) is 0 Å². The Balaban J connectivity index is 2.40. The maximum Gasteiger partial charge on any atom is 0.0241 e. The highest BCUT2D eigenvalue weighted by Gasteiger charge is 2.05. The fourth-order valence-corrected chi connectivity index (χ4v) is 1.97. The molecule has 0 saturated carbocycles. The molecular weight excluding hydrogens is 264 g/mol. The fraction of sp³-hybridized carbons (Fsp3) is 0.538. The van der Waals surface area contributed by atoms with Gasteiger partial charge < -0.3 is 10.6 Å². The lowest BCUT2D eigenvalue weighted by molar-refractivity contribution is 0.299. The molecule has 1 rings (SSSR count). The van der Waals surface area contributed by atoms with Crippen molar-refractivity contribution in [2.24, 2.45) is 11.7 Å². The van der Waals surface area contributed by atoms with E-state index in [1.165, 1.54) is 10.0 Å². The number of rotatable bonds is 6. The zero-order valence-corrected chi connectivity index (χ0v) is 11.7. The molecule has 1 unspecified atom stereocenters. The lowest BCUT2D eigenvalue weighted by atomic mass is 10.1. The zero-order chi connectivity index (χ0) is 12.0. The van der Waals surface area contributed by atoms with Crippen molar-refractivity contribution in [3.05, 3.63) is 34.3 Å². The molecule has 0 bridgehead atoms. The van der Waals surface area contributed by atoms with Crippen LogP contribution >= 0.6 is 15.9 Å². The van der Waals surface area contributed by atoms with Crippen LogP contribution in [-0.2, 0) is 6.54 Å². The summed E-state index contributed by atoms with van der Waals surface area (Å²) in [5.41, 5.74) is 6.95. The topological polar surface area (TPSA) is 29.3 Å². The summed E-state index contributed by atoms with van der Waals surface area (Å²) in [4.78, 5) is 2.34. The lowest BCUT2D eigenvalue weighted by Crippen LogP contribution is -2.23. The molecular formula is C13H21BrN2. The monoisotopic (exact) mass is 284 g/mol. The van der Waals surface area contributed by atoms with Crippen LogP contribution in [0.2, 0.25) is 0 Å². The summed E-state index contributed by atoms with van der Waals surface area (Å²) in [7, 11) is 2.16. The van der Waals surface area contributed by atoms with Crippen LogP contribution in [0.25, 0.3) is 0 Å². The highest BCUT2D eigenvalue weighted by atomic mass is 79.9. The maximum absolute atomic E-state index is 5.61. The van der Waals surface area contributed by atoms with Gasteiger partial charge in [-0.25, -0.2) is 0 Å². The maximum atomic E-state index is 5.61. The first kappa shape index (κ1) is 13.7. The standard InChI is InChI=1S/C13H21BrN2/c1-11(9-15)7-8-16(2)10-12-5-3-4-6-13(12)14/h3-6,11H,7-10,15H2,1-2H3. The summed E-state index contributed by atoms with van der Waals surface area (Å²) in [6, 6.07) is 8.37. The molecule has 0 saturated heterocycles. The number of hydrogen-bond acceptors (Lipinski definition) is 2. The van der Waals surface area contributed by atoms with Crippen LogP contribution in [0.4, 0.5) is 0 Å². The van der Waals surface area contributed by atoms with E-state index >= 15 is 0 Å². The molecule has 0 heterocycles. The largest absolute Gasteiger partial charge is 0.330 e. The smallest absolute Gasteiger partial charge is 0.0241 e. The van der Waals surface area contributed by atoms with Gasteiger partial charge in [-0.2, -0.15) is 0 Å². The van der Waals surface area contributed by atoms with E-state index < -0.39 is 0 Å². The van der Waals surface area contributed by atoms with E-state index in [1.54, 1.807) is 0 Å². The molecule has 1 aromatic rings. The van der Waals surface area contributed by atoms with Crippen molar-refractivity contribution in [3.63, 3.8) is 0 Å². The van der Waals surface area contributed by atoms with Crippen LogP contribution < -0.4 is 5.73 Å². The van der Waals surface area contributed by atoms with Crippen molar-refractivity contribution in [2.45, 2.75) is 19.9 Å². The van der Waals surface area contributed by atoms with Gasteiger partial charge in [-0.1, -0.05) is 41.1 Å². The number of nitrogens with two attached hydrogens (primary N) is 1. The van der Waals surface area contributed by atoms with Gasteiger partial charge in [0.2, 0.25) is 0 Å². The van der Waals surface area contributed by atoms with Crippen LogP contribution in [0.1, 0.15) is 18.9 Å². The molecule has 3 heteroatoms. The Hall–Kier alpha value is -0.380. The Kier molecular flexibility index (Phi) is 6.03. The molecule has 16 heavy (non-hydrogen) atoms. The third kappa shape index (κ3) is 4.64. The van der Waals surface area contributed by atoms with E-state index in [4.69, 9.17) is 5.73 Å². The average Bonchev–Trinajstić information content (AvgIpc) is 2.29. The molecule has 0 amide bonds. The molecule has 90 valence electrons. The van der Waals surface area contributed by atoms with E-state index in [-0.39, 0.29) is 0 Å². The molecule has 1 aromatic carbocycles. The normalized spacial score (nSPS) is 13.1. The van der Waals surface area contributed by atoms with Crippen molar-refractivity contribution >= 4 is 15.9 Å². The van der Waals surface area contributed by atoms with Crippen molar-refractivity contribution in [1.29, 1.82) is 0 Å². The molecule has 0 radical (unpaired) electrons. The zero-order valence-electron chi connectivity index (χ0n) is 10.1. The molecule has 2 N–H and O–H groups in total. The second-order valence-corrected chi connectivity index (χ2v) is 5.31. The fourth-order valence-electron chi connectivity index (χ4n) is 1.56. The van der Waals surface area contributed by atoms with E-state index in [2.05, 4.69) is 53.0 Å². The Bertz CT molecular complexity index is 315. The summed E-state index contributed by atoms with van der Waals surface area (Å²) in [6.07, 6.45) is 1.16. The Labute approximate surface area is 107 Å². The third-order valence-corrected chi connectivity index (χ3v) is 3.58. The lowest BCUT2D eigenvalue weighted by Gasteiger charge is -2.19. The first-order chi connectivity index (χ1) is 7.63. The highest BCUT2D eigenvalue weighted by molar-refractivity contribution is 9.10.